The molecule has 10 heteroatoms. The highest BCUT2D eigenvalue weighted by atomic mass is 32.2. The van der Waals surface area contributed by atoms with Crippen LogP contribution in [0.25, 0.3) is 28.2 Å². The highest BCUT2D eigenvalue weighted by Crippen LogP contribution is 2.30. The molecule has 0 fully saturated rings. The molecule has 1 aliphatic heterocycles. The number of amidine groups is 1. The third-order valence-electron chi connectivity index (χ3n) is 6.76. The van der Waals surface area contributed by atoms with E-state index in [0.29, 0.717) is 44.3 Å². The lowest BCUT2D eigenvalue weighted by atomic mass is 10.0. The van der Waals surface area contributed by atoms with E-state index in [9.17, 15) is 23.9 Å². The number of amides is 2. The van der Waals surface area contributed by atoms with Crippen LogP contribution >= 0.6 is 11.8 Å². The average Bonchev–Trinajstić information content (AvgIpc) is 3.35. The van der Waals surface area contributed by atoms with E-state index >= 15 is 0 Å². The molecule has 8 nitrogen and oxygen atoms in total. The molecule has 0 radical (unpaired) electrons. The maximum atomic E-state index is 13.4. The van der Waals surface area contributed by atoms with Gasteiger partial charge in [0.05, 0.1) is 28.2 Å². The summed E-state index contributed by atoms with van der Waals surface area (Å²) in [6, 6.07) is 30.3. The van der Waals surface area contributed by atoms with Gasteiger partial charge in [0.25, 0.3) is 5.91 Å². The first kappa shape index (κ1) is 28.5. The van der Waals surface area contributed by atoms with Crippen molar-refractivity contribution in [2.45, 2.75) is 0 Å². The molecule has 0 saturated heterocycles. The second-order valence-corrected chi connectivity index (χ2v) is 10.7. The molecule has 216 valence electrons. The number of nitrogens with zero attached hydrogens (tertiary/aromatic N) is 3. The molecule has 5 aromatic rings. The number of hydrogen-bond donors (Lipinski definition) is 2. The fourth-order valence-corrected chi connectivity index (χ4v) is 5.48. The van der Waals surface area contributed by atoms with Crippen LogP contribution in [0.1, 0.15) is 15.9 Å². The minimum absolute atomic E-state index is 0.0186. The number of halogens is 1. The van der Waals surface area contributed by atoms with Crippen LogP contribution in [0.3, 0.4) is 0 Å². The Morgan fingerprint density at radius 1 is 0.909 bits per heavy atom. The van der Waals surface area contributed by atoms with Gasteiger partial charge in [-0.05, 0) is 60.2 Å². The van der Waals surface area contributed by atoms with Crippen molar-refractivity contribution < 1.29 is 23.9 Å². The smallest absolute Gasteiger partial charge is 0.336 e. The van der Waals surface area contributed by atoms with Crippen molar-refractivity contribution >= 4 is 63.1 Å². The van der Waals surface area contributed by atoms with Gasteiger partial charge in [-0.3, -0.25) is 14.5 Å². The molecular formula is C34H23FN4O4S. The molecule has 0 aliphatic carbocycles. The number of carboxylic acid groups (broad SMARTS) is 1. The standard InChI is InChI=1S/C34H23FN4O4S/c35-23-14-10-21(11-15-23)18-30-32(41)39(25-6-2-1-3-7-25)34(38-30)44-20-31(40)36-24-16-12-22(13-17-24)29-19-27(33(42)43)26-8-4-5-9-28(26)37-29/h1-19H,20H2,(H,36,40)(H,42,43)/b30-18-. The van der Waals surface area contributed by atoms with E-state index in [2.05, 4.69) is 15.3 Å². The van der Waals surface area contributed by atoms with Crippen LogP contribution in [0.2, 0.25) is 0 Å². The first-order chi connectivity index (χ1) is 21.4. The number of para-hydroxylation sites is 2. The number of hydrogen-bond acceptors (Lipinski definition) is 6. The van der Waals surface area contributed by atoms with Gasteiger partial charge in [-0.1, -0.05) is 72.4 Å². The molecule has 4 aromatic carbocycles. The number of carboxylic acids is 1. The van der Waals surface area contributed by atoms with Gasteiger partial charge < -0.3 is 10.4 Å². The number of anilines is 2. The summed E-state index contributed by atoms with van der Waals surface area (Å²) in [6.07, 6.45) is 1.58. The third kappa shape index (κ3) is 6.11. The van der Waals surface area contributed by atoms with Crippen molar-refractivity contribution in [1.29, 1.82) is 0 Å². The van der Waals surface area contributed by atoms with Crippen LogP contribution in [0.5, 0.6) is 0 Å². The summed E-state index contributed by atoms with van der Waals surface area (Å²) in [5, 5.41) is 13.4. The van der Waals surface area contributed by atoms with Gasteiger partial charge >= 0.3 is 5.97 Å². The zero-order valence-corrected chi connectivity index (χ0v) is 23.8. The molecule has 1 aromatic heterocycles. The SMILES string of the molecule is O=C(CSC1=N/C(=C\c2ccc(F)cc2)C(=O)N1c1ccccc1)Nc1ccc(-c2cc(C(=O)O)c3ccccc3n2)cc1. The molecular weight excluding hydrogens is 579 g/mol. The van der Waals surface area contributed by atoms with E-state index in [0.717, 1.165) is 11.8 Å². The van der Waals surface area contributed by atoms with Crippen molar-refractivity contribution in [2.75, 3.05) is 16.0 Å². The Morgan fingerprint density at radius 3 is 2.34 bits per heavy atom. The number of nitrogens with one attached hydrogen (secondary N) is 1. The first-order valence-corrected chi connectivity index (χ1v) is 14.5. The summed E-state index contributed by atoms with van der Waals surface area (Å²) in [4.78, 5) is 48.6. The van der Waals surface area contributed by atoms with E-state index in [-0.39, 0.29) is 34.6 Å². The molecule has 2 amide bonds. The van der Waals surface area contributed by atoms with Gasteiger partial charge in [0, 0.05) is 16.6 Å². The quantitative estimate of drug-likeness (QED) is 0.197. The van der Waals surface area contributed by atoms with Crippen molar-refractivity contribution in [1.82, 2.24) is 4.98 Å². The van der Waals surface area contributed by atoms with Crippen molar-refractivity contribution in [2.24, 2.45) is 4.99 Å². The van der Waals surface area contributed by atoms with Crippen molar-refractivity contribution in [3.8, 4) is 11.3 Å². The minimum Gasteiger partial charge on any atom is -0.478 e. The summed E-state index contributed by atoms with van der Waals surface area (Å²) in [6.45, 7) is 0. The van der Waals surface area contributed by atoms with Gasteiger partial charge in [-0.15, -0.1) is 0 Å². The maximum Gasteiger partial charge on any atom is 0.336 e. The van der Waals surface area contributed by atoms with Crippen LogP contribution in [0.15, 0.2) is 120 Å². The number of fused-ring (bicyclic) bond motifs is 1. The number of benzene rings is 4. The van der Waals surface area contributed by atoms with Crippen LogP contribution in [0, 0.1) is 5.82 Å². The number of pyridine rings is 1. The topological polar surface area (TPSA) is 112 Å². The zero-order chi connectivity index (χ0) is 30.6. The Hall–Kier alpha value is -5.61. The largest absolute Gasteiger partial charge is 0.478 e. The van der Waals surface area contributed by atoms with Gasteiger partial charge in [-0.2, -0.15) is 0 Å². The van der Waals surface area contributed by atoms with E-state index in [1.54, 1.807) is 91.0 Å². The zero-order valence-electron chi connectivity index (χ0n) is 23.0. The van der Waals surface area contributed by atoms with Crippen molar-refractivity contribution in [3.63, 3.8) is 0 Å². The van der Waals surface area contributed by atoms with Gasteiger partial charge in [0.1, 0.15) is 11.5 Å². The summed E-state index contributed by atoms with van der Waals surface area (Å²) in [5.41, 5.74) is 3.88. The minimum atomic E-state index is -1.04. The van der Waals surface area contributed by atoms with Gasteiger partial charge in [0.15, 0.2) is 5.17 Å². The third-order valence-corrected chi connectivity index (χ3v) is 7.70. The maximum absolute atomic E-state index is 13.4. The molecule has 0 atom stereocenters. The number of aromatic carboxylic acids is 1. The number of aliphatic imine (C=N–C) groups is 1. The Labute approximate surface area is 255 Å². The van der Waals surface area contributed by atoms with Crippen molar-refractivity contribution in [3.05, 3.63) is 132 Å². The number of aromatic nitrogens is 1. The number of carbonyl (C=O) groups excluding carboxylic acids is 2. The molecule has 0 saturated carbocycles. The summed E-state index contributed by atoms with van der Waals surface area (Å²) in [5.74, 6) is -2.10. The summed E-state index contributed by atoms with van der Waals surface area (Å²) in [7, 11) is 0. The predicted octanol–water partition coefficient (Wildman–Crippen LogP) is 6.85. The van der Waals surface area contributed by atoms with Crippen LogP contribution < -0.4 is 10.2 Å². The predicted molar refractivity (Wildman–Crippen MR) is 171 cm³/mol. The number of rotatable bonds is 7. The Bertz CT molecular complexity index is 1960. The lowest BCUT2D eigenvalue weighted by molar-refractivity contribution is -0.114. The Balaban J connectivity index is 1.17. The van der Waals surface area contributed by atoms with Gasteiger partial charge in [-0.25, -0.2) is 19.2 Å². The van der Waals surface area contributed by atoms with Gasteiger partial charge in [0.2, 0.25) is 5.91 Å². The van der Waals surface area contributed by atoms with Crippen LogP contribution in [-0.2, 0) is 9.59 Å². The lowest BCUT2D eigenvalue weighted by Crippen LogP contribution is -2.31. The summed E-state index contributed by atoms with van der Waals surface area (Å²) < 4.78 is 13.4. The first-order valence-electron chi connectivity index (χ1n) is 13.5. The Morgan fingerprint density at radius 2 is 1.61 bits per heavy atom. The normalized spacial score (nSPS) is 13.8. The highest BCUT2D eigenvalue weighted by molar-refractivity contribution is 8.14. The van der Waals surface area contributed by atoms with E-state index in [1.165, 1.54) is 23.1 Å². The van der Waals surface area contributed by atoms with E-state index in [4.69, 9.17) is 0 Å². The lowest BCUT2D eigenvalue weighted by Gasteiger charge is -2.17. The number of carbonyl (C=O) groups is 3. The average molecular weight is 603 g/mol. The highest BCUT2D eigenvalue weighted by Gasteiger charge is 2.32. The van der Waals surface area contributed by atoms with Crippen LogP contribution in [0.4, 0.5) is 15.8 Å². The fraction of sp³-hybridized carbons (Fsp3) is 0.0294. The fourth-order valence-electron chi connectivity index (χ4n) is 4.67. The number of thioether (sulfide) groups is 1. The molecule has 6 rings (SSSR count). The molecule has 2 heterocycles. The molecule has 1 aliphatic rings. The molecule has 2 N–H and O–H groups in total. The van der Waals surface area contributed by atoms with E-state index in [1.807, 2.05) is 6.07 Å². The molecule has 0 unspecified atom stereocenters. The van der Waals surface area contributed by atoms with E-state index < -0.39 is 5.97 Å². The second-order valence-electron chi connectivity index (χ2n) is 9.74. The molecule has 44 heavy (non-hydrogen) atoms. The molecule has 0 spiro atoms. The summed E-state index contributed by atoms with van der Waals surface area (Å²) >= 11 is 1.12. The van der Waals surface area contributed by atoms with Crippen LogP contribution in [-0.4, -0.2) is 38.8 Å². The second kappa shape index (κ2) is 12.3. The monoisotopic (exact) mass is 602 g/mol. The molecule has 0 bridgehead atoms. The Kier molecular flexibility index (Phi) is 7.98.